The van der Waals surface area contributed by atoms with Gasteiger partial charge in [0.25, 0.3) is 0 Å². The minimum absolute atomic E-state index is 0.317. The van der Waals surface area contributed by atoms with E-state index in [1.165, 1.54) is 0 Å². The molecule has 1 aliphatic rings. The number of aliphatic carboxylic acids is 1. The topological polar surface area (TPSA) is 53.4 Å². The first-order valence-corrected chi connectivity index (χ1v) is 10.6. The zero-order valence-corrected chi connectivity index (χ0v) is 17.5. The minimum atomic E-state index is -0.667. The Balaban J connectivity index is 0.00000136. The van der Waals surface area contributed by atoms with Gasteiger partial charge in [-0.3, -0.25) is 4.79 Å². The summed E-state index contributed by atoms with van der Waals surface area (Å²) in [5.41, 5.74) is 2.09. The molecule has 4 heteroatoms. The molecule has 0 bridgehead atoms. The van der Waals surface area contributed by atoms with Gasteiger partial charge in [0.05, 0.1) is 5.52 Å². The monoisotopic (exact) mass is 382 g/mol. The van der Waals surface area contributed by atoms with Gasteiger partial charge in [-0.1, -0.05) is 44.7 Å². The summed E-state index contributed by atoms with van der Waals surface area (Å²) in [6.45, 7) is 12.0. The Hall–Kier alpha value is -2.36. The molecule has 0 radical (unpaired) electrons. The van der Waals surface area contributed by atoms with E-state index in [1.54, 1.807) is 0 Å². The zero-order chi connectivity index (χ0) is 20.5. The van der Waals surface area contributed by atoms with Gasteiger partial charge in [0.15, 0.2) is 0 Å². The van der Waals surface area contributed by atoms with Crippen molar-refractivity contribution in [3.8, 4) is 0 Å². The summed E-state index contributed by atoms with van der Waals surface area (Å²) >= 11 is 0. The minimum Gasteiger partial charge on any atom is -0.481 e. The third-order valence-corrected chi connectivity index (χ3v) is 5.54. The smallest absolute Gasteiger partial charge is 0.303 e. The number of pyridine rings is 1. The number of aromatic nitrogens is 1. The van der Waals surface area contributed by atoms with E-state index in [-0.39, 0.29) is 0 Å². The summed E-state index contributed by atoms with van der Waals surface area (Å²) < 4.78 is 0. The molecule has 1 fully saturated rings. The van der Waals surface area contributed by atoms with Crippen molar-refractivity contribution in [1.82, 2.24) is 4.98 Å². The van der Waals surface area contributed by atoms with Gasteiger partial charge in [0.2, 0.25) is 0 Å². The fourth-order valence-electron chi connectivity index (χ4n) is 4.07. The molecule has 0 unspecified atom stereocenters. The molecule has 1 aromatic heterocycles. The van der Waals surface area contributed by atoms with Crippen LogP contribution in [0.15, 0.2) is 36.9 Å². The molecule has 0 saturated heterocycles. The van der Waals surface area contributed by atoms with Crippen LogP contribution < -0.4 is 4.90 Å². The number of fused-ring (bicyclic) bond motifs is 1. The fourth-order valence-corrected chi connectivity index (χ4v) is 4.07. The van der Waals surface area contributed by atoms with Crippen molar-refractivity contribution in [2.45, 2.75) is 52.9 Å². The predicted molar refractivity (Wildman–Crippen MR) is 119 cm³/mol. The van der Waals surface area contributed by atoms with Crippen LogP contribution in [0.25, 0.3) is 17.0 Å². The van der Waals surface area contributed by atoms with Crippen LogP contribution in [0, 0.1) is 11.8 Å². The lowest BCUT2D eigenvalue weighted by Gasteiger charge is -2.33. The Morgan fingerprint density at radius 2 is 1.86 bits per heavy atom. The molecule has 1 N–H and O–H groups in total. The predicted octanol–water partition coefficient (Wildman–Crippen LogP) is 6.01. The van der Waals surface area contributed by atoms with Crippen molar-refractivity contribution >= 4 is 28.8 Å². The summed E-state index contributed by atoms with van der Waals surface area (Å²) in [5, 5.41) is 10.1. The Bertz CT molecular complexity index is 779. The number of nitrogens with zero attached hydrogens (tertiary/aromatic N) is 2. The average molecular weight is 383 g/mol. The van der Waals surface area contributed by atoms with Gasteiger partial charge in [0, 0.05) is 30.5 Å². The van der Waals surface area contributed by atoms with Gasteiger partial charge in [-0.05, 0) is 56.6 Å². The first-order valence-electron chi connectivity index (χ1n) is 10.6. The summed E-state index contributed by atoms with van der Waals surface area (Å²) in [7, 11) is 0. The molecule has 28 heavy (non-hydrogen) atoms. The van der Waals surface area contributed by atoms with Crippen LogP contribution in [-0.4, -0.2) is 29.1 Å². The van der Waals surface area contributed by atoms with Crippen molar-refractivity contribution in [2.75, 3.05) is 18.0 Å². The quantitative estimate of drug-likeness (QED) is 0.637. The molecule has 0 spiro atoms. The molecule has 2 aromatic rings. The third kappa shape index (κ3) is 5.57. The van der Waals surface area contributed by atoms with Gasteiger partial charge in [-0.15, -0.1) is 0 Å². The summed E-state index contributed by atoms with van der Waals surface area (Å²) in [6.07, 6.45) is 6.46. The number of carboxylic acids is 1. The second-order valence-corrected chi connectivity index (χ2v) is 7.32. The molecule has 4 nitrogen and oxygen atoms in total. The lowest BCUT2D eigenvalue weighted by atomic mass is 9.80. The van der Waals surface area contributed by atoms with E-state index in [9.17, 15) is 4.79 Å². The third-order valence-electron chi connectivity index (χ3n) is 5.54. The molecule has 1 aromatic carbocycles. The van der Waals surface area contributed by atoms with E-state index < -0.39 is 5.97 Å². The Kier molecular flexibility index (Phi) is 8.49. The average Bonchev–Trinajstić information content (AvgIpc) is 2.73. The van der Waals surface area contributed by atoms with Crippen molar-refractivity contribution in [3.63, 3.8) is 0 Å². The van der Waals surface area contributed by atoms with Crippen molar-refractivity contribution in [1.29, 1.82) is 0 Å². The van der Waals surface area contributed by atoms with E-state index >= 15 is 0 Å². The number of carboxylic acid groups (broad SMARTS) is 1. The van der Waals surface area contributed by atoms with E-state index in [0.717, 1.165) is 61.1 Å². The highest BCUT2D eigenvalue weighted by molar-refractivity contribution is 5.84. The highest BCUT2D eigenvalue weighted by Gasteiger charge is 2.25. The van der Waals surface area contributed by atoms with Crippen LogP contribution in [0.1, 0.15) is 58.4 Å². The highest BCUT2D eigenvalue weighted by Crippen LogP contribution is 2.33. The van der Waals surface area contributed by atoms with E-state index in [4.69, 9.17) is 10.1 Å². The van der Waals surface area contributed by atoms with E-state index in [2.05, 4.69) is 36.6 Å². The SMILES string of the molecule is C=Cc1cc2ccccc2nc1N(CC)CC1CCC(CC(=O)O)CC1.CC. The first kappa shape index (κ1) is 21.9. The summed E-state index contributed by atoms with van der Waals surface area (Å²) in [4.78, 5) is 18.2. The molecule has 152 valence electrons. The standard InChI is InChI=1S/C22H28N2O2.C2H6/c1-3-18-14-19-7-5-6-8-20(19)23-22(18)24(4-2)15-17-11-9-16(10-12-17)13-21(25)26;1-2/h3,5-8,14,16-17H,1,4,9-13,15H2,2H3,(H,25,26);1-2H3. The number of hydrogen-bond donors (Lipinski definition) is 1. The van der Waals surface area contributed by atoms with Crippen LogP contribution in [0.2, 0.25) is 0 Å². The number of anilines is 1. The zero-order valence-electron chi connectivity index (χ0n) is 17.5. The Morgan fingerprint density at radius 3 is 2.46 bits per heavy atom. The lowest BCUT2D eigenvalue weighted by molar-refractivity contribution is -0.138. The number of para-hydroxylation sites is 1. The lowest BCUT2D eigenvalue weighted by Crippen LogP contribution is -2.32. The van der Waals surface area contributed by atoms with Crippen molar-refractivity contribution in [2.24, 2.45) is 11.8 Å². The number of benzene rings is 1. The summed E-state index contributed by atoms with van der Waals surface area (Å²) in [6, 6.07) is 10.4. The number of rotatable bonds is 7. The second-order valence-electron chi connectivity index (χ2n) is 7.32. The van der Waals surface area contributed by atoms with Gasteiger partial charge in [-0.25, -0.2) is 4.98 Å². The Labute approximate surface area is 169 Å². The van der Waals surface area contributed by atoms with E-state index in [0.29, 0.717) is 18.3 Å². The van der Waals surface area contributed by atoms with Gasteiger partial charge in [-0.2, -0.15) is 0 Å². The van der Waals surface area contributed by atoms with Crippen molar-refractivity contribution < 1.29 is 9.90 Å². The van der Waals surface area contributed by atoms with Gasteiger partial charge >= 0.3 is 5.97 Å². The Morgan fingerprint density at radius 1 is 1.21 bits per heavy atom. The molecule has 1 saturated carbocycles. The molecule has 3 rings (SSSR count). The maximum Gasteiger partial charge on any atom is 0.303 e. The highest BCUT2D eigenvalue weighted by atomic mass is 16.4. The molecular formula is C24H34N2O2. The maximum absolute atomic E-state index is 10.9. The molecule has 0 aliphatic heterocycles. The van der Waals surface area contributed by atoms with Gasteiger partial charge < -0.3 is 10.0 Å². The van der Waals surface area contributed by atoms with Crippen LogP contribution in [0.3, 0.4) is 0 Å². The maximum atomic E-state index is 10.9. The summed E-state index contributed by atoms with van der Waals surface area (Å²) in [5.74, 6) is 1.29. The molecule has 1 heterocycles. The van der Waals surface area contributed by atoms with Crippen molar-refractivity contribution in [3.05, 3.63) is 42.5 Å². The van der Waals surface area contributed by atoms with Crippen LogP contribution in [-0.2, 0) is 4.79 Å². The molecule has 1 aliphatic carbocycles. The normalized spacial score (nSPS) is 18.8. The molecule has 0 amide bonds. The van der Waals surface area contributed by atoms with E-state index in [1.807, 2.05) is 32.1 Å². The fraction of sp³-hybridized carbons (Fsp3) is 0.500. The largest absolute Gasteiger partial charge is 0.481 e. The van der Waals surface area contributed by atoms with Crippen LogP contribution in [0.5, 0.6) is 0 Å². The van der Waals surface area contributed by atoms with Crippen LogP contribution >= 0.6 is 0 Å². The van der Waals surface area contributed by atoms with Gasteiger partial charge in [0.1, 0.15) is 5.82 Å². The molecule has 0 atom stereocenters. The molecular weight excluding hydrogens is 348 g/mol. The first-order chi connectivity index (χ1) is 13.6. The van der Waals surface area contributed by atoms with Crippen LogP contribution in [0.4, 0.5) is 5.82 Å². The number of carbonyl (C=O) groups is 1. The second kappa shape index (κ2) is 10.8. The number of hydrogen-bond acceptors (Lipinski definition) is 3.